The Balaban J connectivity index is 2.07. The smallest absolute Gasteiger partial charge is 0.233 e. The minimum atomic E-state index is -3.63. The molecule has 0 bridgehead atoms. The van der Waals surface area contributed by atoms with E-state index >= 15 is 0 Å². The Morgan fingerprint density at radius 2 is 1.85 bits per heavy atom. The fourth-order valence-electron chi connectivity index (χ4n) is 2.62. The molecule has 2 rings (SSSR count). The van der Waals surface area contributed by atoms with Gasteiger partial charge >= 0.3 is 0 Å². The quantitative estimate of drug-likeness (QED) is 0.779. The molecule has 0 saturated heterocycles. The van der Waals surface area contributed by atoms with E-state index in [1.165, 1.54) is 6.07 Å². The molecule has 1 aromatic carbocycles. The molecule has 0 aromatic heterocycles. The molecule has 1 aromatic rings. The molecule has 20 heavy (non-hydrogen) atoms. The minimum Gasteiger partial charge on any atom is -0.493 e. The van der Waals surface area contributed by atoms with Crippen LogP contribution in [0.15, 0.2) is 18.2 Å². The lowest BCUT2D eigenvalue weighted by Crippen LogP contribution is -2.32. The number of rotatable bonds is 5. The molecule has 0 aliphatic heterocycles. The van der Waals surface area contributed by atoms with Crippen LogP contribution in [0.2, 0.25) is 0 Å². The molecule has 0 spiro atoms. The van der Waals surface area contributed by atoms with E-state index < -0.39 is 26.1 Å². The standard InChI is InChI=1S/C13H15ClF2O3S/c14-20(17,18)9-13(5-1-2-6-13)8-19-10-3-4-11(15)12(16)7-10/h3-4,7H,1-2,5-6,8-9H2. The van der Waals surface area contributed by atoms with E-state index in [1.807, 2.05) is 0 Å². The highest BCUT2D eigenvalue weighted by Crippen LogP contribution is 2.40. The number of hydrogen-bond acceptors (Lipinski definition) is 3. The summed E-state index contributed by atoms with van der Waals surface area (Å²) in [6.45, 7) is 0.129. The Labute approximate surface area is 121 Å². The molecule has 0 atom stereocenters. The van der Waals surface area contributed by atoms with Crippen LogP contribution in [0.1, 0.15) is 25.7 Å². The minimum absolute atomic E-state index is 0.129. The normalized spacial score (nSPS) is 18.1. The van der Waals surface area contributed by atoms with E-state index in [0.29, 0.717) is 12.8 Å². The van der Waals surface area contributed by atoms with Crippen LogP contribution >= 0.6 is 10.7 Å². The molecule has 1 aliphatic carbocycles. The van der Waals surface area contributed by atoms with Gasteiger partial charge in [-0.3, -0.25) is 0 Å². The zero-order chi connectivity index (χ0) is 14.8. The van der Waals surface area contributed by atoms with Crippen LogP contribution in [-0.2, 0) is 9.05 Å². The van der Waals surface area contributed by atoms with Gasteiger partial charge in [0.1, 0.15) is 5.75 Å². The number of hydrogen-bond donors (Lipinski definition) is 0. The molecular weight excluding hydrogens is 310 g/mol. The van der Waals surface area contributed by atoms with Gasteiger partial charge in [0.05, 0.1) is 12.4 Å². The van der Waals surface area contributed by atoms with Crippen molar-refractivity contribution in [2.45, 2.75) is 25.7 Å². The first-order valence-corrected chi connectivity index (χ1v) is 8.78. The predicted octanol–water partition coefficient (Wildman–Crippen LogP) is 3.47. The van der Waals surface area contributed by atoms with Gasteiger partial charge in [-0.15, -0.1) is 0 Å². The van der Waals surface area contributed by atoms with Crippen molar-refractivity contribution in [2.75, 3.05) is 12.4 Å². The molecule has 0 amide bonds. The summed E-state index contributed by atoms with van der Waals surface area (Å²) in [5.41, 5.74) is -0.536. The molecule has 1 saturated carbocycles. The van der Waals surface area contributed by atoms with Crippen LogP contribution in [-0.4, -0.2) is 20.8 Å². The molecule has 1 fully saturated rings. The van der Waals surface area contributed by atoms with Gasteiger partial charge in [-0.2, -0.15) is 0 Å². The van der Waals surface area contributed by atoms with Crippen molar-refractivity contribution < 1.29 is 21.9 Å². The van der Waals surface area contributed by atoms with Crippen molar-refractivity contribution in [1.82, 2.24) is 0 Å². The van der Waals surface area contributed by atoms with Crippen LogP contribution in [0.25, 0.3) is 0 Å². The van der Waals surface area contributed by atoms with Crippen LogP contribution < -0.4 is 4.74 Å². The second-order valence-electron chi connectivity index (χ2n) is 5.25. The Morgan fingerprint density at radius 1 is 1.20 bits per heavy atom. The topological polar surface area (TPSA) is 43.4 Å². The molecule has 0 radical (unpaired) electrons. The van der Waals surface area contributed by atoms with Crippen molar-refractivity contribution in [3.8, 4) is 5.75 Å². The van der Waals surface area contributed by atoms with Gasteiger partial charge in [-0.05, 0) is 25.0 Å². The monoisotopic (exact) mass is 324 g/mol. The Morgan fingerprint density at radius 3 is 2.40 bits per heavy atom. The number of ether oxygens (including phenoxy) is 1. The van der Waals surface area contributed by atoms with E-state index in [2.05, 4.69) is 0 Å². The van der Waals surface area contributed by atoms with E-state index in [9.17, 15) is 17.2 Å². The Bertz CT molecular complexity index is 583. The van der Waals surface area contributed by atoms with Crippen LogP contribution in [0, 0.1) is 17.0 Å². The SMILES string of the molecule is O=S(=O)(Cl)CC1(COc2ccc(F)c(F)c2)CCCC1. The van der Waals surface area contributed by atoms with Gasteiger partial charge in [-0.1, -0.05) is 12.8 Å². The van der Waals surface area contributed by atoms with Gasteiger partial charge in [0.25, 0.3) is 0 Å². The zero-order valence-corrected chi connectivity index (χ0v) is 12.3. The first kappa shape index (κ1) is 15.5. The van der Waals surface area contributed by atoms with E-state index in [-0.39, 0.29) is 18.1 Å². The van der Waals surface area contributed by atoms with Crippen LogP contribution in [0.4, 0.5) is 8.78 Å². The molecule has 7 heteroatoms. The van der Waals surface area contributed by atoms with Crippen molar-refractivity contribution in [2.24, 2.45) is 5.41 Å². The summed E-state index contributed by atoms with van der Waals surface area (Å²) in [6.07, 6.45) is 3.21. The maximum Gasteiger partial charge on any atom is 0.233 e. The van der Waals surface area contributed by atoms with E-state index in [4.69, 9.17) is 15.4 Å². The number of halogens is 3. The van der Waals surface area contributed by atoms with Crippen molar-refractivity contribution >= 4 is 19.7 Å². The summed E-state index contributed by atoms with van der Waals surface area (Å²) >= 11 is 0. The highest BCUT2D eigenvalue weighted by Gasteiger charge is 2.38. The second-order valence-corrected chi connectivity index (χ2v) is 8.03. The first-order chi connectivity index (χ1) is 9.30. The Hall–Kier alpha value is -0.880. The summed E-state index contributed by atoms with van der Waals surface area (Å²) in [6, 6.07) is 3.24. The van der Waals surface area contributed by atoms with Crippen molar-refractivity contribution in [1.29, 1.82) is 0 Å². The highest BCUT2D eigenvalue weighted by atomic mass is 35.7. The second kappa shape index (κ2) is 5.85. The van der Waals surface area contributed by atoms with E-state index in [0.717, 1.165) is 25.0 Å². The molecule has 112 valence electrons. The fourth-order valence-corrected chi connectivity index (χ4v) is 4.42. The molecule has 0 unspecified atom stereocenters. The predicted molar refractivity (Wildman–Crippen MR) is 72.4 cm³/mol. The molecular formula is C13H15ClF2O3S. The van der Waals surface area contributed by atoms with Crippen molar-refractivity contribution in [3.05, 3.63) is 29.8 Å². The van der Waals surface area contributed by atoms with E-state index in [1.54, 1.807) is 0 Å². The summed E-state index contributed by atoms with van der Waals surface area (Å²) < 4.78 is 53.9. The molecule has 1 aliphatic rings. The fraction of sp³-hybridized carbons (Fsp3) is 0.538. The lowest BCUT2D eigenvalue weighted by atomic mass is 9.90. The lowest BCUT2D eigenvalue weighted by Gasteiger charge is -2.27. The van der Waals surface area contributed by atoms with Gasteiger partial charge in [0.2, 0.25) is 9.05 Å². The van der Waals surface area contributed by atoms with Gasteiger partial charge < -0.3 is 4.74 Å². The average Bonchev–Trinajstić information content (AvgIpc) is 2.77. The summed E-state index contributed by atoms with van der Waals surface area (Å²) in [5, 5.41) is 0. The van der Waals surface area contributed by atoms with Crippen molar-refractivity contribution in [3.63, 3.8) is 0 Å². The third-order valence-electron chi connectivity index (χ3n) is 3.58. The first-order valence-electron chi connectivity index (χ1n) is 6.30. The highest BCUT2D eigenvalue weighted by molar-refractivity contribution is 8.13. The van der Waals surface area contributed by atoms with Crippen LogP contribution in [0.5, 0.6) is 5.75 Å². The van der Waals surface area contributed by atoms with Gasteiger partial charge in [-0.25, -0.2) is 17.2 Å². The van der Waals surface area contributed by atoms with Crippen LogP contribution in [0.3, 0.4) is 0 Å². The third-order valence-corrected chi connectivity index (χ3v) is 4.86. The maximum atomic E-state index is 13.1. The Kier molecular flexibility index (Phi) is 4.54. The molecule has 0 N–H and O–H groups in total. The van der Waals surface area contributed by atoms with Gasteiger partial charge in [0, 0.05) is 22.2 Å². The third kappa shape index (κ3) is 4.06. The largest absolute Gasteiger partial charge is 0.493 e. The lowest BCUT2D eigenvalue weighted by molar-refractivity contribution is 0.170. The summed E-state index contributed by atoms with van der Waals surface area (Å²) in [7, 11) is 1.71. The maximum absolute atomic E-state index is 13.1. The average molecular weight is 325 g/mol. The summed E-state index contributed by atoms with van der Waals surface area (Å²) in [5.74, 6) is -1.92. The summed E-state index contributed by atoms with van der Waals surface area (Å²) in [4.78, 5) is 0. The van der Waals surface area contributed by atoms with Gasteiger partial charge in [0.15, 0.2) is 11.6 Å². The number of benzene rings is 1. The molecule has 3 nitrogen and oxygen atoms in total. The zero-order valence-electron chi connectivity index (χ0n) is 10.7. The molecule has 0 heterocycles.